The fraction of sp³-hybridized carbons (Fsp3) is 0.500. The van der Waals surface area contributed by atoms with Crippen LogP contribution in [0.5, 0.6) is 0 Å². The van der Waals surface area contributed by atoms with E-state index in [2.05, 4.69) is 36.3 Å². The first kappa shape index (κ1) is 18.6. The molecule has 3 rings (SSSR count). The van der Waals surface area contributed by atoms with Crippen molar-refractivity contribution >= 4 is 5.91 Å². The normalized spacial score (nSPS) is 17.9. The lowest BCUT2D eigenvalue weighted by atomic mass is 9.85. The van der Waals surface area contributed by atoms with E-state index in [1.807, 2.05) is 7.05 Å². The van der Waals surface area contributed by atoms with Gasteiger partial charge in [0.15, 0.2) is 6.10 Å². The first-order chi connectivity index (χ1) is 12.4. The fourth-order valence-electron chi connectivity index (χ4n) is 3.53. The van der Waals surface area contributed by atoms with E-state index >= 15 is 0 Å². The number of benzene rings is 1. The van der Waals surface area contributed by atoms with E-state index in [1.54, 1.807) is 22.0 Å². The summed E-state index contributed by atoms with van der Waals surface area (Å²) < 4.78 is 7.07. The van der Waals surface area contributed by atoms with Crippen LogP contribution in [0.2, 0.25) is 0 Å². The quantitative estimate of drug-likeness (QED) is 0.889. The fourth-order valence-corrected chi connectivity index (χ4v) is 3.53. The number of carbonyl (C=O) groups excluding carboxylic acids is 1. The summed E-state index contributed by atoms with van der Waals surface area (Å²) in [5, 5.41) is 15.0. The van der Waals surface area contributed by atoms with Gasteiger partial charge in [0.1, 0.15) is 0 Å². The SMILES string of the molecule is COC(C(=O)N1CCC(O)(Cc2ccc(C)cc2)CC1)c1cnn(C)c1. The van der Waals surface area contributed by atoms with Gasteiger partial charge in [0.05, 0.1) is 11.8 Å². The van der Waals surface area contributed by atoms with Crippen molar-refractivity contribution in [3.05, 3.63) is 53.3 Å². The minimum Gasteiger partial charge on any atom is -0.389 e. The molecule has 1 amide bonds. The van der Waals surface area contributed by atoms with Gasteiger partial charge in [0.2, 0.25) is 0 Å². The van der Waals surface area contributed by atoms with Gasteiger partial charge in [0, 0.05) is 45.4 Å². The number of hydrogen-bond acceptors (Lipinski definition) is 4. The summed E-state index contributed by atoms with van der Waals surface area (Å²) in [5.41, 5.74) is 2.33. The summed E-state index contributed by atoms with van der Waals surface area (Å²) in [6.07, 6.45) is 4.55. The van der Waals surface area contributed by atoms with Crippen LogP contribution in [0.15, 0.2) is 36.7 Å². The van der Waals surface area contributed by atoms with Crippen LogP contribution in [-0.4, -0.2) is 51.5 Å². The lowest BCUT2D eigenvalue weighted by molar-refractivity contribution is -0.146. The zero-order valence-corrected chi connectivity index (χ0v) is 15.7. The highest BCUT2D eigenvalue weighted by molar-refractivity contribution is 5.82. The molecule has 26 heavy (non-hydrogen) atoms. The third kappa shape index (κ3) is 4.14. The molecule has 1 atom stereocenters. The summed E-state index contributed by atoms with van der Waals surface area (Å²) in [4.78, 5) is 14.6. The average molecular weight is 357 g/mol. The van der Waals surface area contributed by atoms with Crippen LogP contribution in [0.25, 0.3) is 0 Å². The first-order valence-electron chi connectivity index (χ1n) is 8.98. The maximum absolute atomic E-state index is 12.8. The highest BCUT2D eigenvalue weighted by Gasteiger charge is 2.36. The number of aryl methyl sites for hydroxylation is 2. The standard InChI is InChI=1S/C20H27N3O3/c1-15-4-6-16(7-5-15)12-20(25)8-10-23(11-9-20)19(24)18(26-3)17-13-21-22(2)14-17/h4-7,13-14,18,25H,8-12H2,1-3H3. The van der Waals surface area contributed by atoms with Crippen LogP contribution < -0.4 is 0 Å². The second-order valence-electron chi connectivity index (χ2n) is 7.28. The number of likely N-dealkylation sites (tertiary alicyclic amines) is 1. The molecular formula is C20H27N3O3. The molecule has 1 aliphatic rings. The van der Waals surface area contributed by atoms with Crippen molar-refractivity contribution in [3.8, 4) is 0 Å². The number of piperidine rings is 1. The molecule has 1 aliphatic heterocycles. The van der Waals surface area contributed by atoms with Gasteiger partial charge in [0.25, 0.3) is 5.91 Å². The van der Waals surface area contributed by atoms with Crippen molar-refractivity contribution in [2.75, 3.05) is 20.2 Å². The second kappa shape index (κ2) is 7.60. The summed E-state index contributed by atoms with van der Waals surface area (Å²) in [7, 11) is 3.35. The molecule has 1 N–H and O–H groups in total. The van der Waals surface area contributed by atoms with E-state index in [0.29, 0.717) is 32.4 Å². The minimum atomic E-state index is -0.761. The Labute approximate surface area is 154 Å². The molecular weight excluding hydrogens is 330 g/mol. The van der Waals surface area contributed by atoms with Gasteiger partial charge >= 0.3 is 0 Å². The van der Waals surface area contributed by atoms with Crippen LogP contribution in [-0.2, 0) is 23.0 Å². The molecule has 1 unspecified atom stereocenters. The van der Waals surface area contributed by atoms with E-state index in [9.17, 15) is 9.90 Å². The van der Waals surface area contributed by atoms with Crippen molar-refractivity contribution in [1.82, 2.24) is 14.7 Å². The average Bonchev–Trinajstić information content (AvgIpc) is 3.04. The first-order valence-corrected chi connectivity index (χ1v) is 8.98. The van der Waals surface area contributed by atoms with Gasteiger partial charge in [-0.05, 0) is 25.3 Å². The Morgan fingerprint density at radius 3 is 2.50 bits per heavy atom. The molecule has 1 saturated heterocycles. The predicted octanol–water partition coefficient (Wildman–Crippen LogP) is 2.01. The van der Waals surface area contributed by atoms with E-state index in [1.165, 1.54) is 12.7 Å². The number of ether oxygens (including phenoxy) is 1. The third-order valence-electron chi connectivity index (χ3n) is 5.15. The molecule has 0 radical (unpaired) electrons. The van der Waals surface area contributed by atoms with Gasteiger partial charge < -0.3 is 14.7 Å². The Bertz CT molecular complexity index is 746. The Balaban J connectivity index is 1.61. The number of nitrogens with zero attached hydrogens (tertiary/aromatic N) is 3. The molecule has 140 valence electrons. The zero-order chi connectivity index (χ0) is 18.7. The number of methoxy groups -OCH3 is 1. The predicted molar refractivity (Wildman–Crippen MR) is 98.6 cm³/mol. The van der Waals surface area contributed by atoms with E-state index < -0.39 is 11.7 Å². The summed E-state index contributed by atoms with van der Waals surface area (Å²) in [6.45, 7) is 3.11. The number of amides is 1. The molecule has 0 aliphatic carbocycles. The van der Waals surface area contributed by atoms with E-state index in [0.717, 1.165) is 11.1 Å². The second-order valence-corrected chi connectivity index (χ2v) is 7.28. The highest BCUT2D eigenvalue weighted by atomic mass is 16.5. The van der Waals surface area contributed by atoms with Gasteiger partial charge in [-0.3, -0.25) is 9.48 Å². The molecule has 1 fully saturated rings. The van der Waals surface area contributed by atoms with Crippen LogP contribution in [0, 0.1) is 6.92 Å². The van der Waals surface area contributed by atoms with Gasteiger partial charge in [-0.1, -0.05) is 29.8 Å². The topological polar surface area (TPSA) is 67.6 Å². The highest BCUT2D eigenvalue weighted by Crippen LogP contribution is 2.29. The summed E-state index contributed by atoms with van der Waals surface area (Å²) in [6, 6.07) is 8.26. The Kier molecular flexibility index (Phi) is 5.44. The Morgan fingerprint density at radius 2 is 1.96 bits per heavy atom. The van der Waals surface area contributed by atoms with Gasteiger partial charge in [-0.25, -0.2) is 0 Å². The Morgan fingerprint density at radius 1 is 1.31 bits per heavy atom. The number of carbonyl (C=O) groups is 1. The number of aromatic nitrogens is 2. The molecule has 6 nitrogen and oxygen atoms in total. The monoisotopic (exact) mass is 357 g/mol. The lowest BCUT2D eigenvalue weighted by Gasteiger charge is -2.39. The van der Waals surface area contributed by atoms with Crippen LogP contribution in [0.3, 0.4) is 0 Å². The largest absolute Gasteiger partial charge is 0.389 e. The van der Waals surface area contributed by atoms with Crippen molar-refractivity contribution in [3.63, 3.8) is 0 Å². The third-order valence-corrected chi connectivity index (χ3v) is 5.15. The van der Waals surface area contributed by atoms with Crippen molar-refractivity contribution in [2.45, 2.75) is 37.9 Å². The number of aliphatic hydroxyl groups is 1. The lowest BCUT2D eigenvalue weighted by Crippen LogP contribution is -2.49. The van der Waals surface area contributed by atoms with Crippen molar-refractivity contribution in [2.24, 2.45) is 7.05 Å². The van der Waals surface area contributed by atoms with E-state index in [-0.39, 0.29) is 5.91 Å². The van der Waals surface area contributed by atoms with Crippen molar-refractivity contribution < 1.29 is 14.6 Å². The van der Waals surface area contributed by atoms with Gasteiger partial charge in [-0.15, -0.1) is 0 Å². The molecule has 6 heteroatoms. The summed E-state index contributed by atoms with van der Waals surface area (Å²) >= 11 is 0. The summed E-state index contributed by atoms with van der Waals surface area (Å²) in [5.74, 6) is -0.0714. The number of hydrogen-bond donors (Lipinski definition) is 1. The minimum absolute atomic E-state index is 0.0714. The van der Waals surface area contributed by atoms with E-state index in [4.69, 9.17) is 4.74 Å². The molecule has 2 aromatic rings. The van der Waals surface area contributed by atoms with Crippen LogP contribution in [0.1, 0.15) is 35.6 Å². The molecule has 0 bridgehead atoms. The maximum atomic E-state index is 12.8. The van der Waals surface area contributed by atoms with Crippen LogP contribution in [0.4, 0.5) is 0 Å². The smallest absolute Gasteiger partial charge is 0.256 e. The molecule has 0 saturated carbocycles. The molecule has 0 spiro atoms. The molecule has 2 heterocycles. The number of rotatable bonds is 5. The maximum Gasteiger partial charge on any atom is 0.256 e. The van der Waals surface area contributed by atoms with Gasteiger partial charge in [-0.2, -0.15) is 5.10 Å². The van der Waals surface area contributed by atoms with Crippen LogP contribution >= 0.6 is 0 Å². The Hall–Kier alpha value is -2.18. The van der Waals surface area contributed by atoms with Crippen molar-refractivity contribution in [1.29, 1.82) is 0 Å². The molecule has 1 aromatic carbocycles. The zero-order valence-electron chi connectivity index (χ0n) is 15.7. The molecule has 1 aromatic heterocycles.